The van der Waals surface area contributed by atoms with Crippen molar-refractivity contribution in [3.8, 4) is 34.3 Å². The third kappa shape index (κ3) is 4.22. The molecule has 0 aliphatic carbocycles. The predicted octanol–water partition coefficient (Wildman–Crippen LogP) is 4.22. The van der Waals surface area contributed by atoms with Gasteiger partial charge in [-0.2, -0.15) is 4.98 Å². The molecule has 1 aromatic heterocycles. The topological polar surface area (TPSA) is 104 Å². The van der Waals surface area contributed by atoms with Gasteiger partial charge in [0.15, 0.2) is 0 Å². The second kappa shape index (κ2) is 8.49. The lowest BCUT2D eigenvalue weighted by atomic mass is 10.1. The molecule has 0 atom stereocenters. The van der Waals surface area contributed by atoms with E-state index in [4.69, 9.17) is 14.0 Å². The van der Waals surface area contributed by atoms with E-state index in [1.165, 1.54) is 19.2 Å². The van der Waals surface area contributed by atoms with E-state index in [0.717, 1.165) is 0 Å². The minimum atomic E-state index is -3.84. The molecular formula is C22H19N3O5S. The molecule has 0 aliphatic rings. The molecule has 0 aliphatic heterocycles. The molecule has 4 rings (SSSR count). The van der Waals surface area contributed by atoms with E-state index in [0.29, 0.717) is 34.1 Å². The van der Waals surface area contributed by atoms with Crippen molar-refractivity contribution in [1.82, 2.24) is 10.1 Å². The average Bonchev–Trinajstić information content (AvgIpc) is 3.29. The molecule has 0 radical (unpaired) electrons. The molecule has 0 saturated heterocycles. The number of ether oxygens (including phenoxy) is 2. The molecule has 0 bridgehead atoms. The Labute approximate surface area is 179 Å². The second-order valence-corrected chi connectivity index (χ2v) is 8.13. The van der Waals surface area contributed by atoms with Gasteiger partial charge in [-0.15, -0.1) is 0 Å². The summed E-state index contributed by atoms with van der Waals surface area (Å²) < 4.78 is 44.2. The van der Waals surface area contributed by atoms with Crippen LogP contribution in [-0.2, 0) is 10.0 Å². The summed E-state index contributed by atoms with van der Waals surface area (Å²) in [7, 11) is -0.766. The smallest absolute Gasteiger partial charge is 0.261 e. The number of hydrogen-bond acceptors (Lipinski definition) is 7. The molecule has 0 amide bonds. The lowest BCUT2D eigenvalue weighted by molar-refractivity contribution is 0.413. The zero-order chi connectivity index (χ0) is 21.8. The standard InChI is InChI=1S/C22H19N3O5S/c1-28-15-11-13-16(14-12-15)31(26,27)25-19-9-5-3-7-17(19)22-23-21(24-30-22)18-8-4-6-10-20(18)29-2/h3-14,25H,1-2H3. The average molecular weight is 437 g/mol. The Morgan fingerprint density at radius 1 is 0.839 bits per heavy atom. The summed E-state index contributed by atoms with van der Waals surface area (Å²) in [5.74, 6) is 1.67. The molecule has 3 aromatic carbocycles. The lowest BCUT2D eigenvalue weighted by Gasteiger charge is -2.11. The molecule has 0 spiro atoms. The van der Waals surface area contributed by atoms with Crippen molar-refractivity contribution < 1.29 is 22.4 Å². The van der Waals surface area contributed by atoms with E-state index in [1.807, 2.05) is 18.2 Å². The largest absolute Gasteiger partial charge is 0.497 e. The summed E-state index contributed by atoms with van der Waals surface area (Å²) in [5, 5.41) is 4.03. The van der Waals surface area contributed by atoms with Crippen LogP contribution >= 0.6 is 0 Å². The number of para-hydroxylation sites is 2. The highest BCUT2D eigenvalue weighted by Crippen LogP contribution is 2.32. The van der Waals surface area contributed by atoms with Gasteiger partial charge < -0.3 is 14.0 Å². The Balaban J connectivity index is 1.67. The fourth-order valence-electron chi connectivity index (χ4n) is 2.99. The van der Waals surface area contributed by atoms with Crippen LogP contribution in [0, 0.1) is 0 Å². The molecule has 0 unspecified atom stereocenters. The number of anilines is 1. The molecule has 1 heterocycles. The van der Waals surface area contributed by atoms with Gasteiger partial charge in [0.25, 0.3) is 15.9 Å². The third-order valence-electron chi connectivity index (χ3n) is 4.55. The Morgan fingerprint density at radius 3 is 2.23 bits per heavy atom. The number of benzene rings is 3. The van der Waals surface area contributed by atoms with Crippen molar-refractivity contribution in [2.45, 2.75) is 4.90 Å². The van der Waals surface area contributed by atoms with E-state index in [9.17, 15) is 8.42 Å². The van der Waals surface area contributed by atoms with E-state index in [2.05, 4.69) is 14.9 Å². The van der Waals surface area contributed by atoms with Gasteiger partial charge in [0.2, 0.25) is 5.82 Å². The summed E-state index contributed by atoms with van der Waals surface area (Å²) in [5.41, 5.74) is 1.43. The molecule has 0 fully saturated rings. The maximum absolute atomic E-state index is 12.9. The lowest BCUT2D eigenvalue weighted by Crippen LogP contribution is -2.13. The Hall–Kier alpha value is -3.85. The van der Waals surface area contributed by atoms with E-state index < -0.39 is 10.0 Å². The molecule has 8 nitrogen and oxygen atoms in total. The molecule has 4 aromatic rings. The summed E-state index contributed by atoms with van der Waals surface area (Å²) in [6.45, 7) is 0. The number of methoxy groups -OCH3 is 2. The fraction of sp³-hybridized carbons (Fsp3) is 0.0909. The van der Waals surface area contributed by atoms with Crippen LogP contribution < -0.4 is 14.2 Å². The van der Waals surface area contributed by atoms with Crippen molar-refractivity contribution in [3.63, 3.8) is 0 Å². The number of nitrogens with zero attached hydrogens (tertiary/aromatic N) is 2. The first-order chi connectivity index (χ1) is 15.0. The summed E-state index contributed by atoms with van der Waals surface area (Å²) in [4.78, 5) is 4.54. The minimum Gasteiger partial charge on any atom is -0.497 e. The molecule has 0 saturated carbocycles. The molecule has 31 heavy (non-hydrogen) atoms. The first-order valence-electron chi connectivity index (χ1n) is 9.25. The maximum atomic E-state index is 12.9. The van der Waals surface area contributed by atoms with Crippen LogP contribution in [0.3, 0.4) is 0 Å². The van der Waals surface area contributed by atoms with Gasteiger partial charge in [0.05, 0.1) is 35.9 Å². The number of aromatic nitrogens is 2. The Morgan fingerprint density at radius 2 is 1.52 bits per heavy atom. The first-order valence-corrected chi connectivity index (χ1v) is 10.7. The van der Waals surface area contributed by atoms with E-state index >= 15 is 0 Å². The molecule has 9 heteroatoms. The van der Waals surface area contributed by atoms with Gasteiger partial charge >= 0.3 is 0 Å². The third-order valence-corrected chi connectivity index (χ3v) is 5.93. The van der Waals surface area contributed by atoms with Crippen LogP contribution in [0.4, 0.5) is 5.69 Å². The maximum Gasteiger partial charge on any atom is 0.261 e. The van der Waals surface area contributed by atoms with Crippen molar-refractivity contribution in [2.75, 3.05) is 18.9 Å². The monoisotopic (exact) mass is 437 g/mol. The number of rotatable bonds is 7. The molecule has 158 valence electrons. The quantitative estimate of drug-likeness (QED) is 0.462. The summed E-state index contributed by atoms with van der Waals surface area (Å²) in [6.07, 6.45) is 0. The SMILES string of the molecule is COc1ccc(S(=O)(=O)Nc2ccccc2-c2nc(-c3ccccc3OC)no2)cc1. The predicted molar refractivity (Wildman–Crippen MR) is 116 cm³/mol. The van der Waals surface area contributed by atoms with Gasteiger partial charge in [-0.05, 0) is 48.5 Å². The zero-order valence-electron chi connectivity index (χ0n) is 16.8. The van der Waals surface area contributed by atoms with Crippen LogP contribution in [0.1, 0.15) is 0 Å². The number of nitrogens with one attached hydrogen (secondary N) is 1. The van der Waals surface area contributed by atoms with Crippen LogP contribution in [0.15, 0.2) is 82.2 Å². The Kier molecular flexibility index (Phi) is 5.59. The second-order valence-electron chi connectivity index (χ2n) is 6.45. The molecule has 1 N–H and O–H groups in total. The first kappa shape index (κ1) is 20.4. The van der Waals surface area contributed by atoms with Crippen LogP contribution in [0.2, 0.25) is 0 Å². The van der Waals surface area contributed by atoms with Crippen LogP contribution in [-0.4, -0.2) is 32.8 Å². The van der Waals surface area contributed by atoms with Gasteiger partial charge in [-0.1, -0.05) is 29.4 Å². The fourth-order valence-corrected chi connectivity index (χ4v) is 4.07. The van der Waals surface area contributed by atoms with Crippen LogP contribution in [0.5, 0.6) is 11.5 Å². The Bertz CT molecular complexity index is 1300. The van der Waals surface area contributed by atoms with Gasteiger partial charge in [-0.3, -0.25) is 4.72 Å². The van der Waals surface area contributed by atoms with Crippen molar-refractivity contribution >= 4 is 15.7 Å². The minimum absolute atomic E-state index is 0.100. The van der Waals surface area contributed by atoms with Crippen molar-refractivity contribution in [2.24, 2.45) is 0 Å². The van der Waals surface area contributed by atoms with Gasteiger partial charge in [0.1, 0.15) is 11.5 Å². The molecular weight excluding hydrogens is 418 g/mol. The van der Waals surface area contributed by atoms with E-state index in [1.54, 1.807) is 49.6 Å². The number of hydrogen-bond donors (Lipinski definition) is 1. The van der Waals surface area contributed by atoms with Crippen LogP contribution in [0.25, 0.3) is 22.8 Å². The summed E-state index contributed by atoms with van der Waals surface area (Å²) in [6, 6.07) is 20.2. The van der Waals surface area contributed by atoms with E-state index in [-0.39, 0.29) is 10.8 Å². The highest BCUT2D eigenvalue weighted by molar-refractivity contribution is 7.92. The highest BCUT2D eigenvalue weighted by Gasteiger charge is 2.20. The highest BCUT2D eigenvalue weighted by atomic mass is 32.2. The number of sulfonamides is 1. The van der Waals surface area contributed by atoms with Crippen molar-refractivity contribution in [3.05, 3.63) is 72.8 Å². The van der Waals surface area contributed by atoms with Gasteiger partial charge in [0, 0.05) is 0 Å². The normalized spacial score (nSPS) is 11.2. The van der Waals surface area contributed by atoms with Crippen molar-refractivity contribution in [1.29, 1.82) is 0 Å². The zero-order valence-corrected chi connectivity index (χ0v) is 17.6. The van der Waals surface area contributed by atoms with Gasteiger partial charge in [-0.25, -0.2) is 8.42 Å². The summed E-state index contributed by atoms with van der Waals surface area (Å²) >= 11 is 0.